The van der Waals surface area contributed by atoms with Crippen LogP contribution in [0, 0.1) is 0 Å². The Morgan fingerprint density at radius 2 is 1.48 bits per heavy atom. The molecule has 3 aromatic rings. The molecule has 0 saturated carbocycles. The molecule has 1 fully saturated rings. The molecular formula is C26H28N4O3. The van der Waals surface area contributed by atoms with Gasteiger partial charge < -0.3 is 15.5 Å². The lowest BCUT2D eigenvalue weighted by Crippen LogP contribution is -2.50. The van der Waals surface area contributed by atoms with Gasteiger partial charge in [0.05, 0.1) is 6.54 Å². The van der Waals surface area contributed by atoms with Crippen LogP contribution in [-0.4, -0.2) is 66.8 Å². The first-order chi connectivity index (χ1) is 16.1. The quantitative estimate of drug-likeness (QED) is 0.587. The minimum Gasteiger partial charge on any atom is -0.352 e. The molecule has 2 N–H and O–H groups in total. The molecule has 3 aromatic carbocycles. The Kier molecular flexibility index (Phi) is 7.32. The zero-order valence-corrected chi connectivity index (χ0v) is 18.5. The van der Waals surface area contributed by atoms with Crippen molar-refractivity contribution in [2.75, 3.05) is 44.6 Å². The fourth-order valence-electron chi connectivity index (χ4n) is 3.95. The summed E-state index contributed by atoms with van der Waals surface area (Å²) in [5.41, 5.74) is 1.37. The van der Waals surface area contributed by atoms with Crippen molar-refractivity contribution in [3.05, 3.63) is 78.4 Å². The molecule has 0 radical (unpaired) electrons. The van der Waals surface area contributed by atoms with Crippen LogP contribution in [0.1, 0.15) is 16.8 Å². The molecule has 1 heterocycles. The van der Waals surface area contributed by atoms with Crippen LogP contribution in [0.4, 0.5) is 5.69 Å². The first-order valence-corrected chi connectivity index (χ1v) is 11.2. The molecule has 0 bridgehead atoms. The van der Waals surface area contributed by atoms with Crippen molar-refractivity contribution in [2.45, 2.75) is 6.42 Å². The van der Waals surface area contributed by atoms with E-state index in [-0.39, 0.29) is 24.1 Å². The van der Waals surface area contributed by atoms with Gasteiger partial charge in [0.1, 0.15) is 0 Å². The van der Waals surface area contributed by atoms with Gasteiger partial charge in [-0.25, -0.2) is 0 Å². The summed E-state index contributed by atoms with van der Waals surface area (Å²) in [5, 5.41) is 7.82. The summed E-state index contributed by atoms with van der Waals surface area (Å²) in [6.07, 6.45) is 0.258. The maximum Gasteiger partial charge on any atom is 0.251 e. The third kappa shape index (κ3) is 6.17. The van der Waals surface area contributed by atoms with Gasteiger partial charge >= 0.3 is 0 Å². The van der Waals surface area contributed by atoms with Gasteiger partial charge in [0.25, 0.3) is 5.91 Å². The lowest BCUT2D eigenvalue weighted by molar-refractivity contribution is -0.132. The van der Waals surface area contributed by atoms with E-state index < -0.39 is 0 Å². The second-order valence-electron chi connectivity index (χ2n) is 8.14. The van der Waals surface area contributed by atoms with E-state index in [1.807, 2.05) is 71.6 Å². The minimum absolute atomic E-state index is 0.0159. The largest absolute Gasteiger partial charge is 0.352 e. The molecule has 1 saturated heterocycles. The minimum atomic E-state index is -0.178. The number of hydrogen-bond acceptors (Lipinski definition) is 4. The summed E-state index contributed by atoms with van der Waals surface area (Å²) < 4.78 is 0. The topological polar surface area (TPSA) is 81.8 Å². The SMILES string of the molecule is O=C(CN1CCN(C(=O)CCNC(=O)c2ccc3ccccc3c2)CC1)Nc1ccccc1. The van der Waals surface area contributed by atoms with Crippen molar-refractivity contribution in [1.82, 2.24) is 15.1 Å². The van der Waals surface area contributed by atoms with Crippen molar-refractivity contribution in [1.29, 1.82) is 0 Å². The van der Waals surface area contributed by atoms with Crippen LogP contribution in [0.3, 0.4) is 0 Å². The van der Waals surface area contributed by atoms with Crippen LogP contribution in [-0.2, 0) is 9.59 Å². The van der Waals surface area contributed by atoms with Crippen molar-refractivity contribution in [2.24, 2.45) is 0 Å². The number of amides is 3. The van der Waals surface area contributed by atoms with E-state index in [4.69, 9.17) is 0 Å². The molecular weight excluding hydrogens is 416 g/mol. The highest BCUT2D eigenvalue weighted by molar-refractivity contribution is 5.98. The van der Waals surface area contributed by atoms with Crippen LogP contribution < -0.4 is 10.6 Å². The van der Waals surface area contributed by atoms with Crippen LogP contribution in [0.25, 0.3) is 10.8 Å². The molecule has 0 atom stereocenters. The smallest absolute Gasteiger partial charge is 0.251 e. The van der Waals surface area contributed by atoms with Gasteiger partial charge in [0, 0.05) is 50.4 Å². The van der Waals surface area contributed by atoms with Crippen molar-refractivity contribution < 1.29 is 14.4 Å². The Morgan fingerprint density at radius 1 is 0.788 bits per heavy atom. The predicted octanol–water partition coefficient (Wildman–Crippen LogP) is 2.74. The summed E-state index contributed by atoms with van der Waals surface area (Å²) in [6.45, 7) is 3.06. The van der Waals surface area contributed by atoms with Gasteiger partial charge in [0.2, 0.25) is 11.8 Å². The molecule has 0 unspecified atom stereocenters. The zero-order valence-electron chi connectivity index (χ0n) is 18.5. The molecule has 0 spiro atoms. The standard InChI is InChI=1S/C26H28N4O3/c31-24(28-23-8-2-1-3-9-23)19-29-14-16-30(17-15-29)25(32)12-13-27-26(33)22-11-10-20-6-4-5-7-21(20)18-22/h1-11,18H,12-17,19H2,(H,27,33)(H,28,31). The maximum absolute atomic E-state index is 12.5. The Labute approximate surface area is 193 Å². The summed E-state index contributed by atoms with van der Waals surface area (Å²) in [5.74, 6) is -0.220. The third-order valence-corrected chi connectivity index (χ3v) is 5.79. The molecule has 1 aliphatic heterocycles. The maximum atomic E-state index is 12.5. The molecule has 7 nitrogen and oxygen atoms in total. The number of benzene rings is 3. The third-order valence-electron chi connectivity index (χ3n) is 5.79. The predicted molar refractivity (Wildman–Crippen MR) is 129 cm³/mol. The highest BCUT2D eigenvalue weighted by atomic mass is 16.2. The van der Waals surface area contributed by atoms with Gasteiger partial charge in [0.15, 0.2) is 0 Å². The number of hydrogen-bond donors (Lipinski definition) is 2. The molecule has 170 valence electrons. The monoisotopic (exact) mass is 444 g/mol. The van der Waals surface area contributed by atoms with E-state index in [0.29, 0.717) is 44.8 Å². The average molecular weight is 445 g/mol. The molecule has 0 aliphatic carbocycles. The number of carbonyl (C=O) groups is 3. The van der Waals surface area contributed by atoms with E-state index in [2.05, 4.69) is 10.6 Å². The Morgan fingerprint density at radius 3 is 2.24 bits per heavy atom. The Hall–Kier alpha value is -3.71. The number of piperazine rings is 1. The number of carbonyl (C=O) groups excluding carboxylic acids is 3. The normalized spacial score (nSPS) is 14.1. The summed E-state index contributed by atoms with van der Waals surface area (Å²) in [7, 11) is 0. The highest BCUT2D eigenvalue weighted by Crippen LogP contribution is 2.15. The fourth-order valence-corrected chi connectivity index (χ4v) is 3.95. The van der Waals surface area contributed by atoms with Crippen molar-refractivity contribution >= 4 is 34.2 Å². The second kappa shape index (κ2) is 10.7. The van der Waals surface area contributed by atoms with E-state index in [1.165, 1.54) is 0 Å². The zero-order chi connectivity index (χ0) is 23.0. The second-order valence-corrected chi connectivity index (χ2v) is 8.14. The average Bonchev–Trinajstić information content (AvgIpc) is 2.84. The van der Waals surface area contributed by atoms with E-state index >= 15 is 0 Å². The fraction of sp³-hybridized carbons (Fsp3) is 0.269. The molecule has 0 aromatic heterocycles. The van der Waals surface area contributed by atoms with Gasteiger partial charge in [-0.05, 0) is 35.0 Å². The summed E-state index contributed by atoms with van der Waals surface area (Å²) in [4.78, 5) is 41.0. The van der Waals surface area contributed by atoms with E-state index in [1.54, 1.807) is 11.0 Å². The molecule has 33 heavy (non-hydrogen) atoms. The van der Waals surface area contributed by atoms with Crippen molar-refractivity contribution in [3.63, 3.8) is 0 Å². The van der Waals surface area contributed by atoms with Gasteiger partial charge in [-0.1, -0.05) is 48.5 Å². The number of fused-ring (bicyclic) bond motifs is 1. The molecule has 7 heteroatoms. The van der Waals surface area contributed by atoms with Gasteiger partial charge in [-0.3, -0.25) is 19.3 Å². The van der Waals surface area contributed by atoms with Crippen LogP contribution in [0.2, 0.25) is 0 Å². The molecule has 1 aliphatic rings. The van der Waals surface area contributed by atoms with Crippen LogP contribution in [0.5, 0.6) is 0 Å². The number of nitrogens with one attached hydrogen (secondary N) is 2. The number of para-hydroxylation sites is 1. The van der Waals surface area contributed by atoms with Crippen LogP contribution in [0.15, 0.2) is 72.8 Å². The first kappa shape index (κ1) is 22.5. The van der Waals surface area contributed by atoms with E-state index in [0.717, 1.165) is 16.5 Å². The first-order valence-electron chi connectivity index (χ1n) is 11.2. The number of nitrogens with zero attached hydrogens (tertiary/aromatic N) is 2. The van der Waals surface area contributed by atoms with Crippen molar-refractivity contribution in [3.8, 4) is 0 Å². The van der Waals surface area contributed by atoms with Gasteiger partial charge in [-0.2, -0.15) is 0 Å². The molecule has 3 amide bonds. The summed E-state index contributed by atoms with van der Waals surface area (Å²) >= 11 is 0. The lowest BCUT2D eigenvalue weighted by Gasteiger charge is -2.34. The van der Waals surface area contributed by atoms with E-state index in [9.17, 15) is 14.4 Å². The molecule has 4 rings (SSSR count). The van der Waals surface area contributed by atoms with Crippen LogP contribution >= 0.6 is 0 Å². The summed E-state index contributed by atoms with van der Waals surface area (Å²) in [6, 6.07) is 22.8. The lowest BCUT2D eigenvalue weighted by atomic mass is 10.1. The highest BCUT2D eigenvalue weighted by Gasteiger charge is 2.22. The van der Waals surface area contributed by atoms with Gasteiger partial charge in [-0.15, -0.1) is 0 Å². The number of anilines is 1. The number of rotatable bonds is 7. The Balaban J connectivity index is 1.17. The Bertz CT molecular complexity index is 1120.